The molecule has 3 rings (SSSR count). The molecule has 0 atom stereocenters. The summed E-state index contributed by atoms with van der Waals surface area (Å²) in [5.41, 5.74) is 1.76. The van der Waals surface area contributed by atoms with E-state index in [1.807, 2.05) is 60.7 Å². The normalized spacial score (nSPS) is 11.4. The number of benzene rings is 3. The molecule has 0 aromatic heterocycles. The molecule has 28 heavy (non-hydrogen) atoms. The maximum Gasteiger partial charge on any atom is 0.241 e. The molecule has 144 valence electrons. The van der Waals surface area contributed by atoms with E-state index in [1.165, 1.54) is 0 Å². The van der Waals surface area contributed by atoms with Crippen LogP contribution in [0.1, 0.15) is 17.2 Å². The summed E-state index contributed by atoms with van der Waals surface area (Å²) >= 11 is 0. The summed E-state index contributed by atoms with van der Waals surface area (Å²) < 4.78 is 39.7. The number of hydrogen-bond acceptors (Lipinski definition) is 3. The van der Waals surface area contributed by atoms with Crippen LogP contribution in [0, 0.1) is 5.82 Å². The van der Waals surface area contributed by atoms with Gasteiger partial charge in [-0.25, -0.2) is 17.5 Å². The molecule has 0 bridgehead atoms. The van der Waals surface area contributed by atoms with Gasteiger partial charge in [-0.1, -0.05) is 60.7 Å². The first-order valence-electron chi connectivity index (χ1n) is 8.60. The summed E-state index contributed by atoms with van der Waals surface area (Å²) in [5.74, 6) is -1.02. The molecule has 0 radical (unpaired) electrons. The van der Waals surface area contributed by atoms with Crippen molar-refractivity contribution in [2.24, 2.45) is 0 Å². The van der Waals surface area contributed by atoms with Gasteiger partial charge in [-0.3, -0.25) is 4.79 Å². The quantitative estimate of drug-likeness (QED) is 0.642. The van der Waals surface area contributed by atoms with E-state index in [9.17, 15) is 17.6 Å². The Morgan fingerprint density at radius 1 is 0.821 bits per heavy atom. The fraction of sp³-hybridized carbons (Fsp3) is 0.0952. The van der Waals surface area contributed by atoms with Crippen molar-refractivity contribution in [2.75, 3.05) is 6.54 Å². The van der Waals surface area contributed by atoms with Gasteiger partial charge >= 0.3 is 0 Å². The molecule has 7 heteroatoms. The van der Waals surface area contributed by atoms with Crippen molar-refractivity contribution >= 4 is 15.9 Å². The molecular weight excluding hydrogens is 379 g/mol. The molecular formula is C21H19FN2O3S. The third-order valence-electron chi connectivity index (χ3n) is 4.12. The zero-order valence-electron chi connectivity index (χ0n) is 14.9. The van der Waals surface area contributed by atoms with Gasteiger partial charge in [-0.15, -0.1) is 0 Å². The van der Waals surface area contributed by atoms with Gasteiger partial charge < -0.3 is 5.32 Å². The Kier molecular flexibility index (Phi) is 6.18. The zero-order chi connectivity index (χ0) is 20.0. The Labute approximate surface area is 163 Å². The number of sulfonamides is 1. The van der Waals surface area contributed by atoms with Crippen LogP contribution in [0.25, 0.3) is 0 Å². The number of rotatable bonds is 7. The van der Waals surface area contributed by atoms with Gasteiger partial charge in [0.25, 0.3) is 0 Å². The van der Waals surface area contributed by atoms with Crippen LogP contribution in [0.4, 0.5) is 4.39 Å². The van der Waals surface area contributed by atoms with E-state index in [-0.39, 0.29) is 4.90 Å². The summed E-state index contributed by atoms with van der Waals surface area (Å²) in [6.45, 7) is -0.435. The minimum atomic E-state index is -3.91. The van der Waals surface area contributed by atoms with Crippen LogP contribution in [-0.2, 0) is 14.8 Å². The van der Waals surface area contributed by atoms with E-state index in [0.717, 1.165) is 35.4 Å². The maximum atomic E-state index is 13.0. The van der Waals surface area contributed by atoms with E-state index < -0.39 is 34.3 Å². The highest BCUT2D eigenvalue weighted by molar-refractivity contribution is 7.89. The molecule has 0 spiro atoms. The molecule has 0 heterocycles. The highest BCUT2D eigenvalue weighted by atomic mass is 32.2. The van der Waals surface area contributed by atoms with Crippen LogP contribution in [0.15, 0.2) is 89.8 Å². The molecule has 0 saturated carbocycles. The lowest BCUT2D eigenvalue weighted by Gasteiger charge is -2.20. The number of carbonyl (C=O) groups excluding carboxylic acids is 1. The molecule has 0 saturated heterocycles. The molecule has 5 nitrogen and oxygen atoms in total. The van der Waals surface area contributed by atoms with Crippen LogP contribution in [-0.4, -0.2) is 20.9 Å². The largest absolute Gasteiger partial charge is 0.344 e. The van der Waals surface area contributed by atoms with Crippen molar-refractivity contribution in [3.05, 3.63) is 102 Å². The topological polar surface area (TPSA) is 75.3 Å². The van der Waals surface area contributed by atoms with Gasteiger partial charge in [0.15, 0.2) is 0 Å². The first-order valence-corrected chi connectivity index (χ1v) is 10.1. The Hall–Kier alpha value is -3.03. The minimum Gasteiger partial charge on any atom is -0.344 e. The van der Waals surface area contributed by atoms with E-state index in [0.29, 0.717) is 0 Å². The van der Waals surface area contributed by atoms with E-state index in [2.05, 4.69) is 10.0 Å². The molecule has 0 fully saturated rings. The van der Waals surface area contributed by atoms with Gasteiger partial charge in [0.1, 0.15) is 5.82 Å². The first kappa shape index (κ1) is 19.7. The highest BCUT2D eigenvalue weighted by Crippen LogP contribution is 2.21. The van der Waals surface area contributed by atoms with Gasteiger partial charge in [-0.05, 0) is 35.4 Å². The molecule has 0 aliphatic heterocycles. The second-order valence-electron chi connectivity index (χ2n) is 6.10. The monoisotopic (exact) mass is 398 g/mol. The minimum absolute atomic E-state index is 0.107. The Bertz CT molecular complexity index is 985. The van der Waals surface area contributed by atoms with Crippen molar-refractivity contribution in [3.63, 3.8) is 0 Å². The third kappa shape index (κ3) is 5.03. The van der Waals surface area contributed by atoms with Crippen molar-refractivity contribution < 1.29 is 17.6 Å². The van der Waals surface area contributed by atoms with Crippen LogP contribution in [0.2, 0.25) is 0 Å². The van der Waals surface area contributed by atoms with Crippen molar-refractivity contribution in [1.82, 2.24) is 10.0 Å². The number of carbonyl (C=O) groups is 1. The second kappa shape index (κ2) is 8.77. The zero-order valence-corrected chi connectivity index (χ0v) is 15.7. The molecule has 0 aliphatic carbocycles. The summed E-state index contributed by atoms with van der Waals surface area (Å²) in [5, 5.41) is 2.86. The average Bonchev–Trinajstić information content (AvgIpc) is 2.72. The van der Waals surface area contributed by atoms with Gasteiger partial charge in [0, 0.05) is 0 Å². The van der Waals surface area contributed by atoms with Gasteiger partial charge in [0.05, 0.1) is 17.5 Å². The SMILES string of the molecule is O=C(CNS(=O)(=O)c1ccc(F)cc1)NC(c1ccccc1)c1ccccc1. The number of amides is 1. The lowest BCUT2D eigenvalue weighted by molar-refractivity contribution is -0.120. The van der Waals surface area contributed by atoms with Crippen molar-refractivity contribution in [1.29, 1.82) is 0 Å². The molecule has 1 amide bonds. The molecule has 0 unspecified atom stereocenters. The number of nitrogens with one attached hydrogen (secondary N) is 2. The predicted octanol–water partition coefficient (Wildman–Crippen LogP) is 3.01. The van der Waals surface area contributed by atoms with Crippen LogP contribution >= 0.6 is 0 Å². The van der Waals surface area contributed by atoms with Gasteiger partial charge in [-0.2, -0.15) is 0 Å². The number of hydrogen-bond donors (Lipinski definition) is 2. The fourth-order valence-electron chi connectivity index (χ4n) is 2.72. The number of halogens is 1. The molecule has 0 aliphatic rings. The Balaban J connectivity index is 1.71. The van der Waals surface area contributed by atoms with Gasteiger partial charge in [0.2, 0.25) is 15.9 Å². The summed E-state index contributed by atoms with van der Waals surface area (Å²) in [6, 6.07) is 22.8. The predicted molar refractivity (Wildman–Crippen MR) is 104 cm³/mol. The van der Waals surface area contributed by atoms with Crippen LogP contribution in [0.5, 0.6) is 0 Å². The fourth-order valence-corrected chi connectivity index (χ4v) is 3.70. The summed E-state index contributed by atoms with van der Waals surface area (Å²) in [7, 11) is -3.91. The van der Waals surface area contributed by atoms with Crippen LogP contribution < -0.4 is 10.0 Å². The van der Waals surface area contributed by atoms with Crippen molar-refractivity contribution in [2.45, 2.75) is 10.9 Å². The molecule has 2 N–H and O–H groups in total. The Morgan fingerprint density at radius 3 is 1.82 bits per heavy atom. The van der Waals surface area contributed by atoms with E-state index in [4.69, 9.17) is 0 Å². The first-order chi connectivity index (χ1) is 13.5. The highest BCUT2D eigenvalue weighted by Gasteiger charge is 2.19. The Morgan fingerprint density at radius 2 is 1.32 bits per heavy atom. The third-order valence-corrected chi connectivity index (χ3v) is 5.53. The average molecular weight is 398 g/mol. The van der Waals surface area contributed by atoms with E-state index >= 15 is 0 Å². The standard InChI is InChI=1S/C21H19FN2O3S/c22-18-11-13-19(14-12-18)28(26,27)23-15-20(25)24-21(16-7-3-1-4-8-16)17-9-5-2-6-10-17/h1-14,21,23H,15H2,(H,24,25). The lowest BCUT2D eigenvalue weighted by atomic mass is 9.99. The maximum absolute atomic E-state index is 13.0. The summed E-state index contributed by atoms with van der Waals surface area (Å²) in [6.07, 6.45) is 0. The van der Waals surface area contributed by atoms with Crippen molar-refractivity contribution in [3.8, 4) is 0 Å². The second-order valence-corrected chi connectivity index (χ2v) is 7.87. The van der Waals surface area contributed by atoms with Crippen LogP contribution in [0.3, 0.4) is 0 Å². The summed E-state index contributed by atoms with van der Waals surface area (Å²) in [4.78, 5) is 12.3. The molecule has 3 aromatic rings. The molecule has 3 aromatic carbocycles. The van der Waals surface area contributed by atoms with E-state index in [1.54, 1.807) is 0 Å². The smallest absolute Gasteiger partial charge is 0.241 e. The lowest BCUT2D eigenvalue weighted by Crippen LogP contribution is -2.39.